The number of thiazole rings is 1. The van der Waals surface area contributed by atoms with E-state index in [-0.39, 0.29) is 5.56 Å². The van der Waals surface area contributed by atoms with Crippen molar-refractivity contribution in [1.29, 1.82) is 0 Å². The van der Waals surface area contributed by atoms with E-state index in [9.17, 15) is 4.79 Å². The molecule has 0 spiro atoms. The molecule has 3 heterocycles. The molecule has 2 aliphatic rings. The second kappa shape index (κ2) is 7.35. The van der Waals surface area contributed by atoms with Gasteiger partial charge in [0, 0.05) is 56.6 Å². The van der Waals surface area contributed by atoms with Gasteiger partial charge in [0.25, 0.3) is 5.56 Å². The van der Waals surface area contributed by atoms with E-state index < -0.39 is 0 Å². The van der Waals surface area contributed by atoms with Crippen molar-refractivity contribution in [2.45, 2.75) is 38.8 Å². The van der Waals surface area contributed by atoms with E-state index in [0.29, 0.717) is 6.54 Å². The molecule has 0 aromatic carbocycles. The van der Waals surface area contributed by atoms with Crippen LogP contribution < -0.4 is 5.56 Å². The lowest BCUT2D eigenvalue weighted by Crippen LogP contribution is -2.47. The summed E-state index contributed by atoms with van der Waals surface area (Å²) in [5.41, 5.74) is 2.10. The Hall–Kier alpha value is -1.57. The maximum atomic E-state index is 11.8. The minimum absolute atomic E-state index is 0.0146. The van der Waals surface area contributed by atoms with E-state index in [1.54, 1.807) is 16.8 Å². The van der Waals surface area contributed by atoms with Gasteiger partial charge in [0.1, 0.15) is 0 Å². The molecule has 1 aliphatic heterocycles. The van der Waals surface area contributed by atoms with Gasteiger partial charge in [-0.25, -0.2) is 9.67 Å². The molecule has 2 fully saturated rings. The smallest absolute Gasteiger partial charge is 0.266 e. The molecule has 6 nitrogen and oxygen atoms in total. The van der Waals surface area contributed by atoms with Crippen LogP contribution in [0.25, 0.3) is 0 Å². The second-order valence-electron chi connectivity index (χ2n) is 7.11. The Morgan fingerprint density at radius 1 is 1.12 bits per heavy atom. The maximum absolute atomic E-state index is 11.8. The van der Waals surface area contributed by atoms with Gasteiger partial charge in [0.05, 0.1) is 22.9 Å². The summed E-state index contributed by atoms with van der Waals surface area (Å²) in [6.45, 7) is 8.64. The highest BCUT2D eigenvalue weighted by atomic mass is 32.1. The molecule has 25 heavy (non-hydrogen) atoms. The second-order valence-corrected chi connectivity index (χ2v) is 7.99. The molecule has 2 aromatic heterocycles. The van der Waals surface area contributed by atoms with Crippen LogP contribution in [0.2, 0.25) is 0 Å². The molecule has 0 N–H and O–H groups in total. The van der Waals surface area contributed by atoms with Crippen LogP contribution in [0.1, 0.15) is 35.2 Å². The van der Waals surface area contributed by atoms with Gasteiger partial charge in [0.2, 0.25) is 0 Å². The summed E-state index contributed by atoms with van der Waals surface area (Å²) < 4.78 is 1.58. The van der Waals surface area contributed by atoms with Crippen molar-refractivity contribution in [3.63, 3.8) is 0 Å². The number of rotatable bonds is 6. The van der Waals surface area contributed by atoms with Crippen LogP contribution in [-0.4, -0.2) is 57.3 Å². The van der Waals surface area contributed by atoms with E-state index in [1.807, 2.05) is 18.3 Å². The number of hydrogen-bond donors (Lipinski definition) is 0. The average molecular weight is 359 g/mol. The summed E-state index contributed by atoms with van der Waals surface area (Å²) in [6, 6.07) is 3.37. The standard InChI is InChI=1S/C18H25N5OS/c1-14-2-5-17(24)23(20-14)11-10-21-6-8-22(9-7-21)12-16-13-25-18(19-16)15-3-4-15/h2,5,13,15H,3-4,6-12H2,1H3. The van der Waals surface area contributed by atoms with Gasteiger partial charge in [-0.3, -0.25) is 14.6 Å². The maximum Gasteiger partial charge on any atom is 0.266 e. The first-order valence-electron chi connectivity index (χ1n) is 9.11. The fourth-order valence-corrected chi connectivity index (χ4v) is 4.24. The highest BCUT2D eigenvalue weighted by molar-refractivity contribution is 7.09. The third-order valence-corrected chi connectivity index (χ3v) is 6.03. The molecule has 1 saturated heterocycles. The summed E-state index contributed by atoms with van der Waals surface area (Å²) >= 11 is 1.83. The highest BCUT2D eigenvalue weighted by Crippen LogP contribution is 2.41. The summed E-state index contributed by atoms with van der Waals surface area (Å²) in [5.74, 6) is 0.759. The number of aryl methyl sites for hydroxylation is 1. The molecule has 134 valence electrons. The van der Waals surface area contributed by atoms with Gasteiger partial charge in [-0.1, -0.05) is 0 Å². The molecule has 1 aliphatic carbocycles. The summed E-state index contributed by atoms with van der Waals surface area (Å²) in [7, 11) is 0. The van der Waals surface area contributed by atoms with Crippen LogP contribution in [0.4, 0.5) is 0 Å². The highest BCUT2D eigenvalue weighted by Gasteiger charge is 2.27. The minimum Gasteiger partial charge on any atom is -0.299 e. The van der Waals surface area contributed by atoms with E-state index in [1.165, 1.54) is 23.5 Å². The fourth-order valence-electron chi connectivity index (χ4n) is 3.26. The third-order valence-electron chi connectivity index (χ3n) is 4.97. The van der Waals surface area contributed by atoms with Crippen LogP contribution in [0, 0.1) is 6.92 Å². The molecule has 4 rings (SSSR count). The van der Waals surface area contributed by atoms with E-state index in [0.717, 1.165) is 50.9 Å². The number of aromatic nitrogens is 3. The minimum atomic E-state index is -0.0146. The van der Waals surface area contributed by atoms with Gasteiger partial charge >= 0.3 is 0 Å². The van der Waals surface area contributed by atoms with Crippen molar-refractivity contribution in [2.24, 2.45) is 0 Å². The molecule has 0 amide bonds. The van der Waals surface area contributed by atoms with Crippen LogP contribution in [0.3, 0.4) is 0 Å². The molecule has 7 heteroatoms. The largest absolute Gasteiger partial charge is 0.299 e. The molecule has 2 aromatic rings. The Morgan fingerprint density at radius 2 is 1.88 bits per heavy atom. The van der Waals surface area contributed by atoms with Gasteiger partial charge in [-0.2, -0.15) is 5.10 Å². The molecule has 0 bridgehead atoms. The third kappa shape index (κ3) is 4.34. The van der Waals surface area contributed by atoms with Crippen LogP contribution in [0.15, 0.2) is 22.3 Å². The SMILES string of the molecule is Cc1ccc(=O)n(CCN2CCN(Cc3csc(C4CC4)n3)CC2)n1. The van der Waals surface area contributed by atoms with Crippen molar-refractivity contribution in [2.75, 3.05) is 32.7 Å². The molecule has 0 atom stereocenters. The van der Waals surface area contributed by atoms with Crippen molar-refractivity contribution < 1.29 is 0 Å². The van der Waals surface area contributed by atoms with E-state index in [2.05, 4.69) is 20.3 Å². The van der Waals surface area contributed by atoms with Crippen molar-refractivity contribution in [1.82, 2.24) is 24.6 Å². The molecule has 1 saturated carbocycles. The summed E-state index contributed by atoms with van der Waals surface area (Å²) in [5, 5.41) is 7.88. The topological polar surface area (TPSA) is 54.3 Å². The van der Waals surface area contributed by atoms with E-state index in [4.69, 9.17) is 4.98 Å². The lowest BCUT2D eigenvalue weighted by Gasteiger charge is -2.34. The molecular formula is C18H25N5OS. The quantitative estimate of drug-likeness (QED) is 0.786. The van der Waals surface area contributed by atoms with E-state index >= 15 is 0 Å². The van der Waals surface area contributed by atoms with Crippen molar-refractivity contribution in [3.05, 3.63) is 44.3 Å². The Balaban J connectivity index is 1.23. The first-order valence-corrected chi connectivity index (χ1v) is 9.99. The predicted octanol–water partition coefficient (Wildman–Crippen LogP) is 1.70. The Bertz CT molecular complexity index is 774. The van der Waals surface area contributed by atoms with Gasteiger partial charge in [-0.15, -0.1) is 11.3 Å². The van der Waals surface area contributed by atoms with Crippen LogP contribution >= 0.6 is 11.3 Å². The zero-order chi connectivity index (χ0) is 17.2. The number of hydrogen-bond acceptors (Lipinski definition) is 6. The average Bonchev–Trinajstić information content (AvgIpc) is 3.37. The molecular weight excluding hydrogens is 334 g/mol. The zero-order valence-corrected chi connectivity index (χ0v) is 15.5. The first-order chi connectivity index (χ1) is 12.2. The Morgan fingerprint density at radius 3 is 2.64 bits per heavy atom. The Labute approximate surface area is 152 Å². The predicted molar refractivity (Wildman–Crippen MR) is 99.0 cm³/mol. The van der Waals surface area contributed by atoms with Crippen LogP contribution in [0.5, 0.6) is 0 Å². The summed E-state index contributed by atoms with van der Waals surface area (Å²) in [6.07, 6.45) is 2.65. The monoisotopic (exact) mass is 359 g/mol. The lowest BCUT2D eigenvalue weighted by molar-refractivity contribution is 0.122. The van der Waals surface area contributed by atoms with Crippen molar-refractivity contribution in [3.8, 4) is 0 Å². The summed E-state index contributed by atoms with van der Waals surface area (Å²) in [4.78, 5) is 21.5. The first kappa shape index (κ1) is 16.9. The Kier molecular flexibility index (Phi) is 4.96. The fraction of sp³-hybridized carbons (Fsp3) is 0.611. The number of nitrogens with zero attached hydrogens (tertiary/aromatic N) is 5. The van der Waals surface area contributed by atoms with Crippen molar-refractivity contribution >= 4 is 11.3 Å². The molecule has 0 unspecified atom stereocenters. The van der Waals surface area contributed by atoms with Gasteiger partial charge in [-0.05, 0) is 25.8 Å². The van der Waals surface area contributed by atoms with Gasteiger partial charge in [0.15, 0.2) is 0 Å². The lowest BCUT2D eigenvalue weighted by atomic mass is 10.3. The zero-order valence-electron chi connectivity index (χ0n) is 14.7. The van der Waals surface area contributed by atoms with Crippen LogP contribution in [-0.2, 0) is 13.1 Å². The number of piperazine rings is 1. The van der Waals surface area contributed by atoms with Gasteiger partial charge < -0.3 is 0 Å². The molecule has 0 radical (unpaired) electrons. The normalized spacial score (nSPS) is 19.4.